The van der Waals surface area contributed by atoms with Crippen molar-refractivity contribution in [1.29, 1.82) is 0 Å². The van der Waals surface area contributed by atoms with E-state index in [1.54, 1.807) is 6.08 Å². The maximum Gasteiger partial charge on any atom is 0.306 e. The first-order valence-electron chi connectivity index (χ1n) is 9.32. The average molecular weight is 393 g/mol. The zero-order valence-electron chi connectivity index (χ0n) is 15.6. The summed E-state index contributed by atoms with van der Waals surface area (Å²) in [6.45, 7) is 4.94. The van der Waals surface area contributed by atoms with E-state index in [0.29, 0.717) is 31.0 Å². The predicted molar refractivity (Wildman–Crippen MR) is 109 cm³/mol. The fourth-order valence-corrected chi connectivity index (χ4v) is 2.87. The standard InChI is InChI=1S/C20H28N2O4S/c23-18(19(27)7-4-10-21-17-5-2-1-3-6-17)8-9-20(24)26-16-13-22-11-14-25-15-12-22/h1-3,5-7,21,27H,4,8-16H2/b19-7-. The van der Waals surface area contributed by atoms with Gasteiger partial charge in [-0.1, -0.05) is 24.3 Å². The Morgan fingerprint density at radius 2 is 1.93 bits per heavy atom. The second-order valence-electron chi connectivity index (χ2n) is 6.27. The van der Waals surface area contributed by atoms with Crippen LogP contribution in [0.15, 0.2) is 41.3 Å². The third-order valence-corrected chi connectivity index (χ3v) is 4.63. The molecule has 0 atom stereocenters. The Balaban J connectivity index is 1.55. The number of ether oxygens (including phenoxy) is 2. The summed E-state index contributed by atoms with van der Waals surface area (Å²) in [4.78, 5) is 26.4. The summed E-state index contributed by atoms with van der Waals surface area (Å²) in [7, 11) is 0. The molecular formula is C20H28N2O4S. The Hall–Kier alpha value is -1.83. The molecule has 1 aromatic carbocycles. The third-order valence-electron chi connectivity index (χ3n) is 4.20. The van der Waals surface area contributed by atoms with Crippen molar-refractivity contribution in [2.24, 2.45) is 0 Å². The van der Waals surface area contributed by atoms with Gasteiger partial charge in [0.2, 0.25) is 0 Å². The number of morpholine rings is 1. The van der Waals surface area contributed by atoms with Crippen LogP contribution in [0.1, 0.15) is 19.3 Å². The lowest BCUT2D eigenvalue weighted by molar-refractivity contribution is -0.145. The molecule has 148 valence electrons. The van der Waals surface area contributed by atoms with Gasteiger partial charge in [0.05, 0.1) is 19.6 Å². The molecule has 0 saturated carbocycles. The fourth-order valence-electron chi connectivity index (χ4n) is 2.62. The van der Waals surface area contributed by atoms with Crippen molar-refractivity contribution in [2.45, 2.75) is 19.3 Å². The number of hydrogen-bond acceptors (Lipinski definition) is 7. The Labute approximate surface area is 166 Å². The van der Waals surface area contributed by atoms with E-state index in [4.69, 9.17) is 9.47 Å². The van der Waals surface area contributed by atoms with Gasteiger partial charge in [0.1, 0.15) is 6.61 Å². The summed E-state index contributed by atoms with van der Waals surface area (Å²) in [5.74, 6) is -0.480. The van der Waals surface area contributed by atoms with Gasteiger partial charge in [-0.2, -0.15) is 0 Å². The van der Waals surface area contributed by atoms with Crippen LogP contribution < -0.4 is 5.32 Å². The molecule has 0 amide bonds. The normalized spacial score (nSPS) is 15.4. The van der Waals surface area contributed by atoms with Crippen molar-refractivity contribution >= 4 is 30.1 Å². The van der Waals surface area contributed by atoms with Crippen LogP contribution in [0.2, 0.25) is 0 Å². The SMILES string of the molecule is O=C(CCC(=O)/C(S)=C/CCNc1ccccc1)OCCN1CCOCC1. The molecule has 6 nitrogen and oxygen atoms in total. The van der Waals surface area contributed by atoms with E-state index in [9.17, 15) is 9.59 Å². The van der Waals surface area contributed by atoms with Gasteiger partial charge < -0.3 is 14.8 Å². The summed E-state index contributed by atoms with van der Waals surface area (Å²) in [6, 6.07) is 9.86. The molecule has 0 aromatic heterocycles. The minimum Gasteiger partial charge on any atom is -0.464 e. The summed E-state index contributed by atoms with van der Waals surface area (Å²) in [5, 5.41) is 3.26. The number of anilines is 1. The lowest BCUT2D eigenvalue weighted by atomic mass is 10.2. The van der Waals surface area contributed by atoms with Gasteiger partial charge in [-0.3, -0.25) is 14.5 Å². The Morgan fingerprint density at radius 3 is 2.67 bits per heavy atom. The third kappa shape index (κ3) is 9.08. The van der Waals surface area contributed by atoms with Gasteiger partial charge in [-0.25, -0.2) is 0 Å². The van der Waals surface area contributed by atoms with Gasteiger partial charge in [-0.15, -0.1) is 12.6 Å². The monoisotopic (exact) mass is 392 g/mol. The second-order valence-corrected chi connectivity index (χ2v) is 6.75. The maximum atomic E-state index is 12.0. The van der Waals surface area contributed by atoms with E-state index in [-0.39, 0.29) is 24.6 Å². The van der Waals surface area contributed by atoms with E-state index < -0.39 is 0 Å². The molecule has 1 fully saturated rings. The number of para-hydroxylation sites is 1. The smallest absolute Gasteiger partial charge is 0.306 e. The number of carbonyl (C=O) groups is 2. The average Bonchev–Trinajstić information content (AvgIpc) is 2.71. The molecule has 1 saturated heterocycles. The van der Waals surface area contributed by atoms with E-state index in [0.717, 1.165) is 32.0 Å². The molecule has 7 heteroatoms. The van der Waals surface area contributed by atoms with Crippen molar-refractivity contribution in [3.05, 3.63) is 41.3 Å². The highest BCUT2D eigenvalue weighted by Gasteiger charge is 2.13. The number of nitrogens with zero attached hydrogens (tertiary/aromatic N) is 1. The maximum absolute atomic E-state index is 12.0. The highest BCUT2D eigenvalue weighted by molar-refractivity contribution is 7.85. The fraction of sp³-hybridized carbons (Fsp3) is 0.500. The van der Waals surface area contributed by atoms with E-state index in [1.165, 1.54) is 0 Å². The minimum atomic E-state index is -0.344. The number of thiol groups is 1. The second kappa shape index (κ2) is 12.5. The van der Waals surface area contributed by atoms with E-state index >= 15 is 0 Å². The van der Waals surface area contributed by atoms with Crippen molar-refractivity contribution in [3.8, 4) is 0 Å². The summed E-state index contributed by atoms with van der Waals surface area (Å²) in [5.41, 5.74) is 1.04. The number of rotatable bonds is 11. The van der Waals surface area contributed by atoms with Crippen LogP contribution in [0.4, 0.5) is 5.69 Å². The van der Waals surface area contributed by atoms with Crippen molar-refractivity contribution in [1.82, 2.24) is 4.90 Å². The van der Waals surface area contributed by atoms with Crippen LogP contribution in [0.5, 0.6) is 0 Å². The van der Waals surface area contributed by atoms with E-state index in [2.05, 4.69) is 22.8 Å². The molecule has 0 bridgehead atoms. The minimum absolute atomic E-state index is 0.0854. The predicted octanol–water partition coefficient (Wildman–Crippen LogP) is 2.53. The van der Waals surface area contributed by atoms with Gasteiger partial charge in [-0.05, 0) is 18.6 Å². The number of Topliss-reactive ketones (excluding diaryl/α,β-unsaturated/α-hetero) is 1. The summed E-state index contributed by atoms with van der Waals surface area (Å²) < 4.78 is 10.5. The summed E-state index contributed by atoms with van der Waals surface area (Å²) >= 11 is 4.24. The first-order chi connectivity index (χ1) is 13.1. The number of esters is 1. The molecule has 27 heavy (non-hydrogen) atoms. The summed E-state index contributed by atoms with van der Waals surface area (Å²) in [6.07, 6.45) is 2.68. The molecular weight excluding hydrogens is 364 g/mol. The number of carbonyl (C=O) groups excluding carboxylic acids is 2. The quantitative estimate of drug-likeness (QED) is 0.261. The van der Waals surface area contributed by atoms with Crippen molar-refractivity contribution in [3.63, 3.8) is 0 Å². The highest BCUT2D eigenvalue weighted by atomic mass is 32.1. The lowest BCUT2D eigenvalue weighted by Gasteiger charge is -2.26. The molecule has 1 N–H and O–H groups in total. The first kappa shape index (κ1) is 21.5. The molecule has 1 aromatic rings. The van der Waals surface area contributed by atoms with Gasteiger partial charge in [0, 0.05) is 43.2 Å². The lowest BCUT2D eigenvalue weighted by Crippen LogP contribution is -2.38. The van der Waals surface area contributed by atoms with Crippen LogP contribution in [0.25, 0.3) is 0 Å². The van der Waals surface area contributed by atoms with Gasteiger partial charge >= 0.3 is 5.97 Å². The number of nitrogens with one attached hydrogen (secondary N) is 1. The van der Waals surface area contributed by atoms with Crippen molar-refractivity contribution < 1.29 is 19.1 Å². The molecule has 1 heterocycles. The Morgan fingerprint density at radius 1 is 1.19 bits per heavy atom. The van der Waals surface area contributed by atoms with Crippen LogP contribution >= 0.6 is 12.6 Å². The molecule has 2 rings (SSSR count). The Bertz CT molecular complexity index is 616. The zero-order chi connectivity index (χ0) is 19.3. The van der Waals surface area contributed by atoms with Crippen LogP contribution in [0, 0.1) is 0 Å². The Kier molecular flexibility index (Phi) is 9.97. The van der Waals surface area contributed by atoms with E-state index in [1.807, 2.05) is 30.3 Å². The first-order valence-corrected chi connectivity index (χ1v) is 9.77. The molecule has 1 aliphatic rings. The van der Waals surface area contributed by atoms with Crippen LogP contribution in [0.3, 0.4) is 0 Å². The van der Waals surface area contributed by atoms with Crippen LogP contribution in [-0.4, -0.2) is 62.7 Å². The number of ketones is 1. The number of benzene rings is 1. The number of hydrogen-bond donors (Lipinski definition) is 2. The number of allylic oxidation sites excluding steroid dienone is 1. The largest absolute Gasteiger partial charge is 0.464 e. The topological polar surface area (TPSA) is 67.9 Å². The molecule has 1 aliphatic heterocycles. The molecule has 0 spiro atoms. The zero-order valence-corrected chi connectivity index (χ0v) is 16.5. The van der Waals surface area contributed by atoms with Crippen LogP contribution in [-0.2, 0) is 19.1 Å². The highest BCUT2D eigenvalue weighted by Crippen LogP contribution is 2.10. The molecule has 0 radical (unpaired) electrons. The molecule has 0 aliphatic carbocycles. The van der Waals surface area contributed by atoms with Gasteiger partial charge in [0.25, 0.3) is 0 Å². The molecule has 0 unspecified atom stereocenters. The van der Waals surface area contributed by atoms with Gasteiger partial charge in [0.15, 0.2) is 5.78 Å². The van der Waals surface area contributed by atoms with Crippen molar-refractivity contribution in [2.75, 3.05) is 51.3 Å².